The summed E-state index contributed by atoms with van der Waals surface area (Å²) in [6.45, 7) is 4.46. The number of amides is 3. The number of benzene rings is 4. The minimum absolute atomic E-state index is 0.0415. The van der Waals surface area contributed by atoms with Crippen LogP contribution < -0.4 is 52.4 Å². The highest BCUT2D eigenvalue weighted by atomic mass is 32.1. The van der Waals surface area contributed by atoms with Gasteiger partial charge in [-0.1, -0.05) is 72.8 Å². The van der Waals surface area contributed by atoms with Gasteiger partial charge in [0.1, 0.15) is 54.7 Å². The molecule has 0 radical (unpaired) electrons. The second-order valence-corrected chi connectivity index (χ2v) is 21.6. The number of ether oxygens (including phenoxy) is 5. The van der Waals surface area contributed by atoms with Crippen molar-refractivity contribution in [3.8, 4) is 45.0 Å². The third-order valence-electron chi connectivity index (χ3n) is 12.8. The number of aromatic nitrogens is 4. The number of nitrogens with one attached hydrogen (secondary N) is 3. The van der Waals surface area contributed by atoms with Gasteiger partial charge in [-0.3, -0.25) is 9.59 Å². The fraction of sp³-hybridized carbons (Fsp3) is 0.246. The summed E-state index contributed by atoms with van der Waals surface area (Å²) in [5.74, 6) is -0.0911. The Morgan fingerprint density at radius 3 is 1.42 bits per heavy atom. The van der Waals surface area contributed by atoms with Gasteiger partial charge in [0.05, 0.1) is 26.4 Å². The standard InChI is InChI=1S/C33H35N7O5S.C20H23N3O3S.C12H14N4O/c1-40(16-18-44-33(42)38-21-23-3-5-24(6-4-23)22-45-32-37-14-13-30(35)39-32)27-9-7-25(8-10-27)29-12-11-28(46-29)19-26(20-34)31(41)36-15-17-43-2;1-23(10-11-24)17-5-3-15(4-6-17)19-8-7-18(27-19)13-16(14-21)20(25)22-9-12-26-2;13-7-9-1-3-10(4-2-9)8-17-12-15-6-5-11(14)16-12/h3-14,19H,15-18,21-22H2,1-2H3,(H,36,41)(H,38,42)(H2,35,37,39);3-8,13,24H,9-12H2,1-2H3,(H,22,25);1-6H,7-8,13H2,(H2,14,15,16)/b26-19+;16-13+;. The second-order valence-electron chi connectivity index (χ2n) is 19.3. The quantitative estimate of drug-likeness (QED) is 0.0139. The molecule has 0 aliphatic carbocycles. The number of nitrogens with zero attached hydrogens (tertiary/aromatic N) is 8. The van der Waals surface area contributed by atoms with E-state index in [1.54, 1.807) is 44.7 Å². The normalized spacial score (nSPS) is 10.8. The minimum Gasteiger partial charge on any atom is -0.459 e. The van der Waals surface area contributed by atoms with Crippen molar-refractivity contribution in [1.82, 2.24) is 35.9 Å². The van der Waals surface area contributed by atoms with E-state index in [9.17, 15) is 24.9 Å². The molecular formula is C65H72N14O9S2. The van der Waals surface area contributed by atoms with Crippen LogP contribution in [0, 0.1) is 22.7 Å². The van der Waals surface area contributed by atoms with Gasteiger partial charge in [-0.25, -0.2) is 14.8 Å². The van der Waals surface area contributed by atoms with Crippen molar-refractivity contribution in [3.05, 3.63) is 189 Å². The Kier molecular flexibility index (Phi) is 28.7. The average molecular weight is 1260 g/mol. The minimum atomic E-state index is -0.496. The number of hydrogen-bond donors (Lipinski definition) is 7. The van der Waals surface area contributed by atoms with Gasteiger partial charge in [-0.15, -0.1) is 22.7 Å². The molecule has 8 rings (SSSR count). The lowest BCUT2D eigenvalue weighted by Gasteiger charge is -2.19. The van der Waals surface area contributed by atoms with Crippen LogP contribution in [-0.2, 0) is 50.1 Å². The van der Waals surface area contributed by atoms with Crippen LogP contribution in [0.1, 0.15) is 32.0 Å². The van der Waals surface area contributed by atoms with Crippen LogP contribution in [0.2, 0.25) is 0 Å². The van der Waals surface area contributed by atoms with Crippen LogP contribution in [0.15, 0.2) is 157 Å². The summed E-state index contributed by atoms with van der Waals surface area (Å²) in [7, 11) is 6.96. The number of nitrogen functional groups attached to an aromatic ring is 2. The van der Waals surface area contributed by atoms with Gasteiger partial charge < -0.3 is 71.7 Å². The summed E-state index contributed by atoms with van der Waals surface area (Å²) in [5, 5.41) is 35.7. The predicted octanol–water partition coefficient (Wildman–Crippen LogP) is 8.01. The van der Waals surface area contributed by atoms with Gasteiger partial charge in [0.2, 0.25) is 0 Å². The number of nitrogens with two attached hydrogens (primary N) is 3. The molecule has 0 saturated heterocycles. The van der Waals surface area contributed by atoms with Crippen molar-refractivity contribution < 1.29 is 43.2 Å². The SMILES string of the molecule is COCCNC(=O)/C(C#N)=C/c1ccc(-c2ccc(N(C)CCO)cc2)s1.COCCNC(=O)/C(C#N)=C/c1ccc(-c2ccc(N(C)CCOC(=O)NCc3ccc(COc4nccc(N)n4)cc3)cc2)s1.NCc1ccc(COc2nccc(N)n2)cc1. The highest BCUT2D eigenvalue weighted by Crippen LogP contribution is 2.32. The fourth-order valence-electron chi connectivity index (χ4n) is 7.81. The van der Waals surface area contributed by atoms with Crippen LogP contribution in [-0.4, -0.2) is 124 Å². The number of alkyl carbamates (subject to hydrolysis) is 1. The van der Waals surface area contributed by atoms with E-state index in [2.05, 4.69) is 35.9 Å². The van der Waals surface area contributed by atoms with Gasteiger partial charge in [-0.2, -0.15) is 20.5 Å². The number of aliphatic hydroxyl groups excluding tert-OH is 1. The summed E-state index contributed by atoms with van der Waals surface area (Å²) < 4.78 is 26.1. The molecule has 0 fully saturated rings. The molecule has 468 valence electrons. The van der Waals surface area contributed by atoms with Crippen LogP contribution in [0.5, 0.6) is 12.0 Å². The molecule has 0 aliphatic heterocycles. The maximum atomic E-state index is 12.2. The van der Waals surface area contributed by atoms with Gasteiger partial charge in [0.15, 0.2) is 0 Å². The topological polar surface area (TPSA) is 337 Å². The Hall–Kier alpha value is -10.3. The van der Waals surface area contributed by atoms with Gasteiger partial charge in [-0.05, 0) is 106 Å². The van der Waals surface area contributed by atoms with E-state index >= 15 is 0 Å². The number of aliphatic hydroxyl groups is 1. The summed E-state index contributed by atoms with van der Waals surface area (Å²) in [4.78, 5) is 60.0. The van der Waals surface area contributed by atoms with E-state index in [4.69, 9.17) is 46.0 Å². The van der Waals surface area contributed by atoms with E-state index < -0.39 is 17.9 Å². The third kappa shape index (κ3) is 23.5. The van der Waals surface area contributed by atoms with E-state index in [1.165, 1.54) is 28.9 Å². The number of nitriles is 2. The number of likely N-dealkylation sites (N-methyl/N-ethyl adjacent to an activating group) is 2. The molecule has 0 saturated carbocycles. The molecule has 0 atom stereocenters. The van der Waals surface area contributed by atoms with Crippen molar-refractivity contribution in [2.45, 2.75) is 26.3 Å². The number of hydrogen-bond acceptors (Lipinski definition) is 22. The van der Waals surface area contributed by atoms with Crippen LogP contribution in [0.25, 0.3) is 33.0 Å². The Bertz CT molecular complexity index is 3680. The fourth-order valence-corrected chi connectivity index (χ4v) is 9.73. The lowest BCUT2D eigenvalue weighted by atomic mass is 10.1. The molecule has 23 nitrogen and oxygen atoms in total. The molecule has 90 heavy (non-hydrogen) atoms. The molecule has 4 aromatic carbocycles. The molecule has 0 bridgehead atoms. The van der Waals surface area contributed by atoms with Crippen molar-refractivity contribution in [3.63, 3.8) is 0 Å². The lowest BCUT2D eigenvalue weighted by molar-refractivity contribution is -0.118. The largest absolute Gasteiger partial charge is 0.459 e. The molecular weight excluding hydrogens is 1180 g/mol. The molecule has 10 N–H and O–H groups in total. The number of anilines is 4. The monoisotopic (exact) mass is 1260 g/mol. The first-order chi connectivity index (χ1) is 43.7. The predicted molar refractivity (Wildman–Crippen MR) is 351 cm³/mol. The van der Waals surface area contributed by atoms with Crippen LogP contribution >= 0.6 is 22.7 Å². The molecule has 4 heterocycles. The van der Waals surface area contributed by atoms with Crippen LogP contribution in [0.4, 0.5) is 27.8 Å². The number of thiophene rings is 2. The molecule has 3 amide bonds. The van der Waals surface area contributed by atoms with Crippen molar-refractivity contribution >= 4 is 75.7 Å². The van der Waals surface area contributed by atoms with Gasteiger partial charge in [0.25, 0.3) is 11.8 Å². The summed E-state index contributed by atoms with van der Waals surface area (Å²) in [5.41, 5.74) is 24.8. The molecule has 4 aromatic heterocycles. The summed E-state index contributed by atoms with van der Waals surface area (Å²) in [6.07, 6.45) is 5.79. The zero-order valence-corrected chi connectivity index (χ0v) is 52.0. The van der Waals surface area contributed by atoms with Crippen molar-refractivity contribution in [1.29, 1.82) is 10.5 Å². The van der Waals surface area contributed by atoms with E-state index in [0.717, 1.165) is 64.3 Å². The second kappa shape index (κ2) is 37.4. The Morgan fingerprint density at radius 2 is 1.01 bits per heavy atom. The first-order valence-corrected chi connectivity index (χ1v) is 29.7. The van der Waals surface area contributed by atoms with Gasteiger partial charge in [0, 0.05) is 104 Å². The third-order valence-corrected chi connectivity index (χ3v) is 14.9. The highest BCUT2D eigenvalue weighted by Gasteiger charge is 2.13. The van der Waals surface area contributed by atoms with Crippen molar-refractivity contribution in [2.75, 3.05) is 102 Å². The summed E-state index contributed by atoms with van der Waals surface area (Å²) in [6, 6.07) is 46.8. The zero-order chi connectivity index (χ0) is 64.5. The number of methoxy groups -OCH3 is 2. The van der Waals surface area contributed by atoms with E-state index in [-0.39, 0.29) is 36.4 Å². The molecule has 8 aromatic rings. The van der Waals surface area contributed by atoms with Crippen LogP contribution in [0.3, 0.4) is 0 Å². The van der Waals surface area contributed by atoms with Crippen molar-refractivity contribution in [2.24, 2.45) is 5.73 Å². The molecule has 25 heteroatoms. The first kappa shape index (κ1) is 68.9. The van der Waals surface area contributed by atoms with E-state index in [1.807, 2.05) is 157 Å². The average Bonchev–Trinajstić information content (AvgIpc) is 3.21. The van der Waals surface area contributed by atoms with Gasteiger partial charge >= 0.3 is 18.1 Å². The molecule has 0 unspecified atom stereocenters. The Balaban J connectivity index is 0.000000245. The Labute approximate surface area is 531 Å². The molecule has 0 spiro atoms. The van der Waals surface area contributed by atoms with E-state index in [0.29, 0.717) is 77.3 Å². The number of carbonyl (C=O) groups excluding carboxylic acids is 3. The first-order valence-electron chi connectivity index (χ1n) is 28.1. The smallest absolute Gasteiger partial charge is 0.407 e. The number of carbonyl (C=O) groups is 3. The lowest BCUT2D eigenvalue weighted by Crippen LogP contribution is -2.28. The summed E-state index contributed by atoms with van der Waals surface area (Å²) >= 11 is 3.00. The highest BCUT2D eigenvalue weighted by molar-refractivity contribution is 7.16. The molecule has 0 aliphatic rings. The maximum Gasteiger partial charge on any atom is 0.407 e. The maximum absolute atomic E-state index is 12.2. The Morgan fingerprint density at radius 1 is 0.578 bits per heavy atom. The number of rotatable bonds is 28. The zero-order valence-electron chi connectivity index (χ0n) is 50.3.